The Bertz CT molecular complexity index is 1080. The van der Waals surface area contributed by atoms with E-state index < -0.39 is 0 Å². The van der Waals surface area contributed by atoms with Gasteiger partial charge in [-0.05, 0) is 25.5 Å². The number of nitrogens with one attached hydrogen (secondary N) is 2. The number of fused-ring (bicyclic) bond motifs is 1. The predicted octanol–water partition coefficient (Wildman–Crippen LogP) is 2.15. The first kappa shape index (κ1) is 18.3. The van der Waals surface area contributed by atoms with Gasteiger partial charge in [0.25, 0.3) is 5.91 Å². The van der Waals surface area contributed by atoms with Crippen molar-refractivity contribution in [3.8, 4) is 10.4 Å². The molecule has 0 unspecified atom stereocenters. The molecule has 0 spiro atoms. The van der Waals surface area contributed by atoms with E-state index in [1.807, 2.05) is 32.3 Å². The highest BCUT2D eigenvalue weighted by Gasteiger charge is 2.17. The molecule has 138 valence electrons. The number of pyridine rings is 1. The van der Waals surface area contributed by atoms with Crippen molar-refractivity contribution in [3.63, 3.8) is 0 Å². The first-order valence-corrected chi connectivity index (χ1v) is 8.71. The lowest BCUT2D eigenvalue weighted by Gasteiger charge is -2.07. The van der Waals surface area contributed by atoms with Crippen LogP contribution in [0.15, 0.2) is 37.1 Å². The number of hydrogen-bond donors (Lipinski definition) is 3. The van der Waals surface area contributed by atoms with Crippen molar-refractivity contribution >= 4 is 34.2 Å². The maximum Gasteiger partial charge on any atom is 0.260 e. The van der Waals surface area contributed by atoms with E-state index in [0.717, 1.165) is 26.5 Å². The van der Waals surface area contributed by atoms with Crippen LogP contribution in [0, 0.1) is 13.8 Å². The van der Waals surface area contributed by atoms with Gasteiger partial charge >= 0.3 is 0 Å². The molecule has 2 amide bonds. The number of amides is 2. The van der Waals surface area contributed by atoms with E-state index in [2.05, 4.69) is 31.3 Å². The molecule has 0 radical (unpaired) electrons. The quantitative estimate of drug-likeness (QED) is 0.467. The van der Waals surface area contributed by atoms with Gasteiger partial charge in [0, 0.05) is 24.2 Å². The number of carbonyl (C=O) groups excluding carboxylic acids is 2. The Balaban J connectivity index is 0.000000659. The number of anilines is 1. The Kier molecular flexibility index (Phi) is 5.27. The maximum atomic E-state index is 12.6. The van der Waals surface area contributed by atoms with Crippen molar-refractivity contribution in [2.45, 2.75) is 13.8 Å². The zero-order valence-electron chi connectivity index (χ0n) is 14.6. The van der Waals surface area contributed by atoms with Crippen molar-refractivity contribution in [1.29, 1.82) is 0 Å². The number of nitrogens with zero attached hydrogens (tertiary/aromatic N) is 4. The molecule has 4 rings (SSSR count). The minimum atomic E-state index is -0.193. The van der Waals surface area contributed by atoms with Gasteiger partial charge in [0.2, 0.25) is 6.41 Å². The van der Waals surface area contributed by atoms with E-state index in [0.29, 0.717) is 11.3 Å². The fourth-order valence-corrected chi connectivity index (χ4v) is 3.45. The van der Waals surface area contributed by atoms with Crippen molar-refractivity contribution in [1.82, 2.24) is 24.8 Å². The predicted molar refractivity (Wildman–Crippen MR) is 103 cm³/mol. The van der Waals surface area contributed by atoms with E-state index in [1.165, 1.54) is 11.3 Å². The molecule has 0 saturated heterocycles. The summed E-state index contributed by atoms with van der Waals surface area (Å²) in [5, 5.41) is 13.9. The molecule has 4 aromatic heterocycles. The SMILES string of the molecule is Cc1cnc(C)c(NC(=O)c2cnn3cc(-c4cn[nH]c4)sc23)c1.NC=O. The highest BCUT2D eigenvalue weighted by molar-refractivity contribution is 7.21. The van der Waals surface area contributed by atoms with E-state index >= 15 is 0 Å². The average molecular weight is 383 g/mol. The van der Waals surface area contributed by atoms with Gasteiger partial charge in [0.05, 0.1) is 34.2 Å². The van der Waals surface area contributed by atoms with E-state index in [9.17, 15) is 4.79 Å². The first-order valence-electron chi connectivity index (χ1n) is 7.89. The van der Waals surface area contributed by atoms with Gasteiger partial charge in [0.15, 0.2) is 0 Å². The second-order valence-electron chi connectivity index (χ2n) is 5.63. The number of aromatic nitrogens is 5. The maximum absolute atomic E-state index is 12.6. The zero-order valence-corrected chi connectivity index (χ0v) is 15.4. The second-order valence-corrected chi connectivity index (χ2v) is 6.66. The number of H-pyrrole nitrogens is 1. The molecule has 0 saturated carbocycles. The average Bonchev–Trinajstić information content (AvgIpc) is 3.34. The van der Waals surface area contributed by atoms with Crippen LogP contribution in [-0.2, 0) is 4.79 Å². The number of primary amides is 1. The number of aromatic amines is 1. The summed E-state index contributed by atoms with van der Waals surface area (Å²) in [6.45, 7) is 3.81. The van der Waals surface area contributed by atoms with Crippen LogP contribution in [0.1, 0.15) is 21.6 Å². The summed E-state index contributed by atoms with van der Waals surface area (Å²) in [6, 6.07) is 1.91. The fourth-order valence-electron chi connectivity index (χ4n) is 2.41. The minimum Gasteiger partial charge on any atom is -0.372 e. The summed E-state index contributed by atoms with van der Waals surface area (Å²) in [6.07, 6.45) is 9.05. The fraction of sp³-hybridized carbons (Fsp3) is 0.118. The molecule has 0 fully saturated rings. The molecule has 10 heteroatoms. The molecular weight excluding hydrogens is 366 g/mol. The zero-order chi connectivity index (χ0) is 19.4. The van der Waals surface area contributed by atoms with Crippen LogP contribution in [-0.4, -0.2) is 37.1 Å². The highest BCUT2D eigenvalue weighted by Crippen LogP contribution is 2.30. The summed E-state index contributed by atoms with van der Waals surface area (Å²) < 4.78 is 1.71. The lowest BCUT2D eigenvalue weighted by atomic mass is 10.2. The van der Waals surface area contributed by atoms with Crippen LogP contribution in [0.3, 0.4) is 0 Å². The third-order valence-corrected chi connectivity index (χ3v) is 4.86. The van der Waals surface area contributed by atoms with Crippen LogP contribution in [0.2, 0.25) is 0 Å². The Hall–Kier alpha value is -3.53. The Labute approximate surface area is 158 Å². The third-order valence-electron chi connectivity index (χ3n) is 3.70. The number of nitrogens with two attached hydrogens (primary N) is 1. The molecule has 4 N–H and O–H groups in total. The van der Waals surface area contributed by atoms with Gasteiger partial charge in [-0.3, -0.25) is 19.7 Å². The van der Waals surface area contributed by atoms with Gasteiger partial charge in [0.1, 0.15) is 4.83 Å². The molecule has 0 bridgehead atoms. The van der Waals surface area contributed by atoms with E-state index in [1.54, 1.807) is 23.1 Å². The summed E-state index contributed by atoms with van der Waals surface area (Å²) in [5.74, 6) is -0.193. The third kappa shape index (κ3) is 3.85. The van der Waals surface area contributed by atoms with Crippen molar-refractivity contribution < 1.29 is 9.59 Å². The van der Waals surface area contributed by atoms with Gasteiger partial charge in [-0.15, -0.1) is 11.3 Å². The molecular formula is C17H17N7O2S. The number of thiazole rings is 1. The van der Waals surface area contributed by atoms with Gasteiger partial charge in [-0.2, -0.15) is 10.2 Å². The number of rotatable bonds is 3. The van der Waals surface area contributed by atoms with Gasteiger partial charge < -0.3 is 11.1 Å². The molecule has 0 aliphatic carbocycles. The molecule has 4 aromatic rings. The Morgan fingerprint density at radius 2 is 2.11 bits per heavy atom. The van der Waals surface area contributed by atoms with Crippen LogP contribution < -0.4 is 11.1 Å². The molecule has 0 aromatic carbocycles. The Morgan fingerprint density at radius 3 is 2.81 bits per heavy atom. The molecule has 0 atom stereocenters. The normalized spacial score (nSPS) is 10.3. The summed E-state index contributed by atoms with van der Waals surface area (Å²) in [5.41, 5.74) is 8.16. The number of carbonyl (C=O) groups is 2. The number of hydrogen-bond acceptors (Lipinski definition) is 6. The van der Waals surface area contributed by atoms with E-state index in [4.69, 9.17) is 4.79 Å². The van der Waals surface area contributed by atoms with Crippen LogP contribution in [0.4, 0.5) is 5.69 Å². The van der Waals surface area contributed by atoms with Crippen LogP contribution in [0.25, 0.3) is 15.3 Å². The molecule has 27 heavy (non-hydrogen) atoms. The highest BCUT2D eigenvalue weighted by atomic mass is 32.1. The topological polar surface area (TPSA) is 131 Å². The van der Waals surface area contributed by atoms with Crippen molar-refractivity contribution in [2.75, 3.05) is 5.32 Å². The largest absolute Gasteiger partial charge is 0.372 e. The summed E-state index contributed by atoms with van der Waals surface area (Å²) in [7, 11) is 0. The smallest absolute Gasteiger partial charge is 0.260 e. The summed E-state index contributed by atoms with van der Waals surface area (Å²) in [4.78, 5) is 27.3. The lowest BCUT2D eigenvalue weighted by Crippen LogP contribution is -2.12. The molecule has 0 aliphatic heterocycles. The second kappa shape index (κ2) is 7.79. The molecule has 9 nitrogen and oxygen atoms in total. The van der Waals surface area contributed by atoms with Gasteiger partial charge in [-0.25, -0.2) is 4.52 Å². The molecule has 0 aliphatic rings. The van der Waals surface area contributed by atoms with Crippen LogP contribution >= 0.6 is 11.3 Å². The Morgan fingerprint density at radius 1 is 1.33 bits per heavy atom. The van der Waals surface area contributed by atoms with Crippen molar-refractivity contribution in [2.24, 2.45) is 5.73 Å². The van der Waals surface area contributed by atoms with Gasteiger partial charge in [-0.1, -0.05) is 0 Å². The monoisotopic (exact) mass is 383 g/mol. The number of aryl methyl sites for hydroxylation is 2. The standard InChI is InChI=1S/C16H14N6OS.CH3NO/c1-9-3-13(10(2)17-4-9)21-15(23)12-7-20-22-8-14(24-16(12)22)11-5-18-19-6-11;2-1-3/h3-8H,1-2H3,(H,18,19)(H,21,23);1H,(H2,2,3). The molecule has 4 heterocycles. The summed E-state index contributed by atoms with van der Waals surface area (Å²) >= 11 is 1.50. The lowest BCUT2D eigenvalue weighted by molar-refractivity contribution is -0.106. The minimum absolute atomic E-state index is 0.193. The van der Waals surface area contributed by atoms with Crippen molar-refractivity contribution in [3.05, 3.63) is 53.9 Å². The first-order chi connectivity index (χ1) is 13.0. The van der Waals surface area contributed by atoms with Crippen LogP contribution in [0.5, 0.6) is 0 Å². The van der Waals surface area contributed by atoms with E-state index in [-0.39, 0.29) is 12.3 Å².